The van der Waals surface area contributed by atoms with E-state index in [1.165, 1.54) is 0 Å². The first kappa shape index (κ1) is 5.41. The number of pyridine rings is 1. The molecule has 2 rings (SSSR count). The van der Waals surface area contributed by atoms with E-state index >= 15 is 0 Å². The van der Waals surface area contributed by atoms with Gasteiger partial charge in [-0.2, -0.15) is 0 Å². The zero-order valence-corrected chi connectivity index (χ0v) is 5.41. The van der Waals surface area contributed by atoms with Crippen molar-refractivity contribution in [1.82, 2.24) is 4.98 Å². The van der Waals surface area contributed by atoms with Gasteiger partial charge in [0.15, 0.2) is 0 Å². The summed E-state index contributed by atoms with van der Waals surface area (Å²) in [7, 11) is 0. The maximum Gasteiger partial charge on any atom is 0.123 e. The molecule has 2 N–H and O–H groups in total. The number of nitrogens with zero attached hydrogens (tertiary/aromatic N) is 2. The summed E-state index contributed by atoms with van der Waals surface area (Å²) in [4.78, 5) is 8.02. The molecule has 2 heterocycles. The molecule has 1 aromatic heterocycles. The van der Waals surface area contributed by atoms with Crippen molar-refractivity contribution in [3.05, 3.63) is 23.4 Å². The largest absolute Gasteiger partial charge is 0.384 e. The standard InChI is InChI=1S/C7H7N3/c8-7-1-5-2-9-3-6(5)4-10-7/h1-2,4H,3H2,(H2,8,10). The number of hydrogen-bond acceptors (Lipinski definition) is 3. The zero-order chi connectivity index (χ0) is 6.97. The minimum atomic E-state index is 0.562. The molecule has 0 aromatic carbocycles. The minimum absolute atomic E-state index is 0.562. The van der Waals surface area contributed by atoms with Gasteiger partial charge >= 0.3 is 0 Å². The first-order valence-electron chi connectivity index (χ1n) is 3.10. The van der Waals surface area contributed by atoms with Crippen LogP contribution in [0.3, 0.4) is 0 Å². The van der Waals surface area contributed by atoms with Gasteiger partial charge in [-0.05, 0) is 6.07 Å². The molecule has 0 atom stereocenters. The molecule has 0 unspecified atom stereocenters. The average molecular weight is 133 g/mol. The van der Waals surface area contributed by atoms with Crippen molar-refractivity contribution in [2.75, 3.05) is 5.73 Å². The van der Waals surface area contributed by atoms with E-state index in [9.17, 15) is 0 Å². The van der Waals surface area contributed by atoms with Crippen LogP contribution in [-0.2, 0) is 6.54 Å². The van der Waals surface area contributed by atoms with Crippen molar-refractivity contribution in [1.29, 1.82) is 0 Å². The average Bonchev–Trinajstić information content (AvgIpc) is 2.33. The number of anilines is 1. The van der Waals surface area contributed by atoms with Crippen LogP contribution in [0.5, 0.6) is 0 Å². The molecule has 1 aliphatic heterocycles. The van der Waals surface area contributed by atoms with Crippen molar-refractivity contribution in [3.63, 3.8) is 0 Å². The Labute approximate surface area is 58.6 Å². The van der Waals surface area contributed by atoms with Crippen LogP contribution in [0, 0.1) is 0 Å². The van der Waals surface area contributed by atoms with E-state index in [-0.39, 0.29) is 0 Å². The molecule has 10 heavy (non-hydrogen) atoms. The zero-order valence-electron chi connectivity index (χ0n) is 5.41. The van der Waals surface area contributed by atoms with Gasteiger partial charge in [0.2, 0.25) is 0 Å². The normalized spacial score (nSPS) is 13.6. The van der Waals surface area contributed by atoms with E-state index in [0.29, 0.717) is 5.82 Å². The summed E-state index contributed by atoms with van der Waals surface area (Å²) in [5.74, 6) is 0.562. The minimum Gasteiger partial charge on any atom is -0.384 e. The molecule has 0 amide bonds. The molecule has 0 bridgehead atoms. The van der Waals surface area contributed by atoms with Crippen molar-refractivity contribution < 1.29 is 0 Å². The third-order valence-corrected chi connectivity index (χ3v) is 1.54. The van der Waals surface area contributed by atoms with E-state index in [1.807, 2.05) is 12.3 Å². The third kappa shape index (κ3) is 0.673. The van der Waals surface area contributed by atoms with Gasteiger partial charge in [-0.25, -0.2) is 4.98 Å². The van der Waals surface area contributed by atoms with Crippen LogP contribution in [0.25, 0.3) is 0 Å². The molecule has 3 heteroatoms. The Balaban J connectivity index is 2.60. The maximum absolute atomic E-state index is 5.46. The van der Waals surface area contributed by atoms with Crippen LogP contribution in [0.2, 0.25) is 0 Å². The van der Waals surface area contributed by atoms with E-state index in [1.54, 1.807) is 6.20 Å². The number of nitrogens with two attached hydrogens (primary N) is 1. The summed E-state index contributed by atoms with van der Waals surface area (Å²) in [6, 6.07) is 1.84. The summed E-state index contributed by atoms with van der Waals surface area (Å²) >= 11 is 0. The van der Waals surface area contributed by atoms with Crippen molar-refractivity contribution in [3.8, 4) is 0 Å². The lowest BCUT2D eigenvalue weighted by molar-refractivity contribution is 1.09. The molecule has 0 saturated heterocycles. The van der Waals surface area contributed by atoms with Gasteiger partial charge in [0, 0.05) is 23.5 Å². The van der Waals surface area contributed by atoms with Gasteiger partial charge in [0.25, 0.3) is 0 Å². The molecule has 3 nitrogen and oxygen atoms in total. The Bertz CT molecular complexity index is 291. The van der Waals surface area contributed by atoms with Crippen LogP contribution in [0.1, 0.15) is 11.1 Å². The number of aliphatic imine (C=N–C) groups is 1. The van der Waals surface area contributed by atoms with Gasteiger partial charge in [0.1, 0.15) is 5.82 Å². The number of hydrogen-bond donors (Lipinski definition) is 1. The van der Waals surface area contributed by atoms with Crippen molar-refractivity contribution in [2.45, 2.75) is 6.54 Å². The highest BCUT2D eigenvalue weighted by Gasteiger charge is 2.05. The third-order valence-electron chi connectivity index (χ3n) is 1.54. The van der Waals surface area contributed by atoms with Gasteiger partial charge in [-0.15, -0.1) is 0 Å². The lowest BCUT2D eigenvalue weighted by Crippen LogP contribution is -1.93. The van der Waals surface area contributed by atoms with Crippen molar-refractivity contribution in [2.24, 2.45) is 4.99 Å². The van der Waals surface area contributed by atoms with Crippen molar-refractivity contribution >= 4 is 12.0 Å². The molecule has 0 spiro atoms. The number of aromatic nitrogens is 1. The van der Waals surface area contributed by atoms with Crippen LogP contribution >= 0.6 is 0 Å². The number of fused-ring (bicyclic) bond motifs is 1. The predicted molar refractivity (Wildman–Crippen MR) is 39.9 cm³/mol. The van der Waals surface area contributed by atoms with E-state index in [4.69, 9.17) is 5.73 Å². The molecule has 0 radical (unpaired) electrons. The lowest BCUT2D eigenvalue weighted by Gasteiger charge is -1.95. The molecule has 0 aliphatic carbocycles. The smallest absolute Gasteiger partial charge is 0.123 e. The number of nitrogen functional groups attached to an aromatic ring is 1. The number of rotatable bonds is 0. The van der Waals surface area contributed by atoms with Gasteiger partial charge in [-0.1, -0.05) is 0 Å². The Morgan fingerprint density at radius 1 is 1.50 bits per heavy atom. The van der Waals surface area contributed by atoms with Gasteiger partial charge < -0.3 is 5.73 Å². The summed E-state index contributed by atoms with van der Waals surface area (Å²) in [6.45, 7) is 0.753. The van der Waals surface area contributed by atoms with Gasteiger partial charge in [-0.3, -0.25) is 4.99 Å². The highest BCUT2D eigenvalue weighted by atomic mass is 14.8. The molecule has 1 aliphatic rings. The second-order valence-electron chi connectivity index (χ2n) is 2.28. The quantitative estimate of drug-likeness (QED) is 0.563. The topological polar surface area (TPSA) is 51.3 Å². The molecule has 50 valence electrons. The van der Waals surface area contributed by atoms with Crippen LogP contribution < -0.4 is 5.73 Å². The first-order valence-corrected chi connectivity index (χ1v) is 3.10. The fourth-order valence-corrected chi connectivity index (χ4v) is 1.01. The van der Waals surface area contributed by atoms with Crippen LogP contribution in [0.15, 0.2) is 17.3 Å². The maximum atomic E-state index is 5.46. The Kier molecular flexibility index (Phi) is 0.974. The highest BCUT2D eigenvalue weighted by Crippen LogP contribution is 2.14. The van der Waals surface area contributed by atoms with Gasteiger partial charge in [0.05, 0.1) is 6.54 Å². The first-order chi connectivity index (χ1) is 4.86. The fraction of sp³-hybridized carbons (Fsp3) is 0.143. The molecular weight excluding hydrogens is 126 g/mol. The molecular formula is C7H7N3. The lowest BCUT2D eigenvalue weighted by atomic mass is 10.2. The SMILES string of the molecule is Nc1cc2c(cn1)CN=C2. The molecule has 0 saturated carbocycles. The molecule has 1 aromatic rings. The summed E-state index contributed by atoms with van der Waals surface area (Å²) in [5.41, 5.74) is 7.72. The van der Waals surface area contributed by atoms with Crippen LogP contribution in [-0.4, -0.2) is 11.2 Å². The second kappa shape index (κ2) is 1.80. The predicted octanol–water partition coefficient (Wildman–Crippen LogP) is 0.596. The monoisotopic (exact) mass is 133 g/mol. The second-order valence-corrected chi connectivity index (χ2v) is 2.28. The fourth-order valence-electron chi connectivity index (χ4n) is 1.01. The summed E-state index contributed by atoms with van der Waals surface area (Å²) < 4.78 is 0. The Hall–Kier alpha value is -1.38. The van der Waals surface area contributed by atoms with E-state index in [0.717, 1.165) is 17.7 Å². The van der Waals surface area contributed by atoms with E-state index in [2.05, 4.69) is 9.98 Å². The highest BCUT2D eigenvalue weighted by molar-refractivity contribution is 5.85. The Morgan fingerprint density at radius 2 is 2.40 bits per heavy atom. The van der Waals surface area contributed by atoms with E-state index < -0.39 is 0 Å². The van der Waals surface area contributed by atoms with Crippen LogP contribution in [0.4, 0.5) is 5.82 Å². The molecule has 0 fully saturated rings. The summed E-state index contributed by atoms with van der Waals surface area (Å²) in [6.07, 6.45) is 3.60. The Morgan fingerprint density at radius 3 is 3.30 bits per heavy atom. The summed E-state index contributed by atoms with van der Waals surface area (Å²) in [5, 5.41) is 0.